The molecule has 3 nitrogen and oxygen atoms in total. The van der Waals surface area contributed by atoms with Gasteiger partial charge in [-0.3, -0.25) is 4.90 Å². The van der Waals surface area contributed by atoms with Gasteiger partial charge in [-0.2, -0.15) is 11.3 Å². The minimum absolute atomic E-state index is 0. The van der Waals surface area contributed by atoms with Crippen molar-refractivity contribution in [1.29, 1.82) is 0 Å². The van der Waals surface area contributed by atoms with Crippen LogP contribution in [0.5, 0.6) is 0 Å². The van der Waals surface area contributed by atoms with Gasteiger partial charge < -0.3 is 10.1 Å². The zero-order chi connectivity index (χ0) is 13.1. The molecule has 5 heteroatoms. The van der Waals surface area contributed by atoms with Crippen molar-refractivity contribution in [2.75, 3.05) is 32.7 Å². The Labute approximate surface area is 132 Å². The summed E-state index contributed by atoms with van der Waals surface area (Å²) >= 11 is 1.76. The highest BCUT2D eigenvalue weighted by atomic mass is 35.5. The smallest absolute Gasteiger partial charge is 0.0964 e. The van der Waals surface area contributed by atoms with E-state index in [1.807, 2.05) is 0 Å². The molecule has 1 aromatic rings. The Morgan fingerprint density at radius 3 is 2.85 bits per heavy atom. The molecule has 3 rings (SSSR count). The van der Waals surface area contributed by atoms with E-state index >= 15 is 0 Å². The number of nitrogens with one attached hydrogen (secondary N) is 1. The van der Waals surface area contributed by atoms with Crippen molar-refractivity contribution in [2.24, 2.45) is 5.92 Å². The van der Waals surface area contributed by atoms with Gasteiger partial charge in [-0.1, -0.05) is 0 Å². The minimum atomic E-state index is 0. The molecule has 114 valence electrons. The predicted octanol–water partition coefficient (Wildman–Crippen LogP) is 2.93. The summed E-state index contributed by atoms with van der Waals surface area (Å²) in [5, 5.41) is 7.83. The molecule has 20 heavy (non-hydrogen) atoms. The summed E-state index contributed by atoms with van der Waals surface area (Å²) in [6.07, 6.45) is 3.28. The lowest BCUT2D eigenvalue weighted by Gasteiger charge is -2.39. The molecule has 2 aliphatic heterocycles. The highest BCUT2D eigenvalue weighted by Gasteiger charge is 2.28. The first-order valence-corrected chi connectivity index (χ1v) is 8.36. The Bertz CT molecular complexity index is 381. The maximum atomic E-state index is 6.10. The molecule has 0 bridgehead atoms. The second kappa shape index (κ2) is 7.76. The van der Waals surface area contributed by atoms with Crippen LogP contribution in [0.15, 0.2) is 16.8 Å². The van der Waals surface area contributed by atoms with Gasteiger partial charge >= 0.3 is 0 Å². The molecule has 0 amide bonds. The normalized spacial score (nSPS) is 29.1. The Morgan fingerprint density at radius 2 is 2.15 bits per heavy atom. The average Bonchev–Trinajstić information content (AvgIpc) is 2.93. The molecule has 0 saturated carbocycles. The molecule has 0 aromatic carbocycles. The lowest BCUT2D eigenvalue weighted by Crippen LogP contribution is -2.46. The van der Waals surface area contributed by atoms with Crippen LogP contribution in [0, 0.1) is 5.92 Å². The third kappa shape index (κ3) is 4.18. The summed E-state index contributed by atoms with van der Waals surface area (Å²) in [6.45, 7) is 7.98. The van der Waals surface area contributed by atoms with Crippen molar-refractivity contribution in [3.05, 3.63) is 22.4 Å². The number of halogens is 1. The predicted molar refractivity (Wildman–Crippen MR) is 86.9 cm³/mol. The van der Waals surface area contributed by atoms with E-state index in [2.05, 4.69) is 34.0 Å². The summed E-state index contributed by atoms with van der Waals surface area (Å²) in [6, 6.07) is 2.20. The molecule has 1 N–H and O–H groups in total. The van der Waals surface area contributed by atoms with Crippen molar-refractivity contribution < 1.29 is 4.74 Å². The number of thiophene rings is 1. The maximum absolute atomic E-state index is 6.10. The van der Waals surface area contributed by atoms with E-state index in [1.165, 1.54) is 38.0 Å². The highest BCUT2D eigenvalue weighted by Crippen LogP contribution is 2.28. The van der Waals surface area contributed by atoms with Crippen LogP contribution >= 0.6 is 23.7 Å². The lowest BCUT2D eigenvalue weighted by molar-refractivity contribution is -0.0827. The minimum Gasteiger partial charge on any atom is -0.368 e. The third-order valence-electron chi connectivity index (χ3n) is 4.23. The fourth-order valence-corrected chi connectivity index (χ4v) is 3.96. The lowest BCUT2D eigenvalue weighted by atomic mass is 9.96. The van der Waals surface area contributed by atoms with Crippen LogP contribution in [0.1, 0.15) is 31.4 Å². The van der Waals surface area contributed by atoms with Gasteiger partial charge in [0.15, 0.2) is 0 Å². The summed E-state index contributed by atoms with van der Waals surface area (Å²) in [4.78, 5) is 2.62. The highest BCUT2D eigenvalue weighted by molar-refractivity contribution is 7.07. The Kier molecular flexibility index (Phi) is 6.30. The molecular weight excluding hydrogens is 292 g/mol. The quantitative estimate of drug-likeness (QED) is 0.928. The first-order chi connectivity index (χ1) is 9.31. The first-order valence-electron chi connectivity index (χ1n) is 7.42. The zero-order valence-electron chi connectivity index (χ0n) is 12.1. The SMILES string of the molecule is CC1CN(CC2CCNCC2)CC(c2ccsc2)O1.Cl. The van der Waals surface area contributed by atoms with E-state index in [0.717, 1.165) is 19.0 Å². The second-order valence-corrected chi connectivity index (χ2v) is 6.68. The van der Waals surface area contributed by atoms with Crippen LogP contribution in [0.2, 0.25) is 0 Å². The van der Waals surface area contributed by atoms with E-state index < -0.39 is 0 Å². The van der Waals surface area contributed by atoms with E-state index in [-0.39, 0.29) is 18.5 Å². The average molecular weight is 317 g/mol. The van der Waals surface area contributed by atoms with E-state index in [0.29, 0.717) is 6.10 Å². The van der Waals surface area contributed by atoms with Crippen LogP contribution in [0.4, 0.5) is 0 Å². The molecule has 2 unspecified atom stereocenters. The fraction of sp³-hybridized carbons (Fsp3) is 0.733. The molecule has 0 aliphatic carbocycles. The number of ether oxygens (including phenoxy) is 1. The van der Waals surface area contributed by atoms with Gasteiger partial charge in [0, 0.05) is 19.6 Å². The van der Waals surface area contributed by atoms with Crippen LogP contribution in [-0.4, -0.2) is 43.7 Å². The number of piperidine rings is 1. The summed E-state index contributed by atoms with van der Waals surface area (Å²) in [5.74, 6) is 0.870. The molecule has 0 radical (unpaired) electrons. The van der Waals surface area contributed by atoms with Gasteiger partial charge in [0.05, 0.1) is 12.2 Å². The molecule has 2 atom stereocenters. The third-order valence-corrected chi connectivity index (χ3v) is 4.93. The zero-order valence-corrected chi connectivity index (χ0v) is 13.7. The second-order valence-electron chi connectivity index (χ2n) is 5.90. The van der Waals surface area contributed by atoms with Crippen molar-refractivity contribution >= 4 is 23.7 Å². The van der Waals surface area contributed by atoms with Crippen molar-refractivity contribution in [3.8, 4) is 0 Å². The van der Waals surface area contributed by atoms with E-state index in [1.54, 1.807) is 11.3 Å². The molecule has 2 fully saturated rings. The molecule has 1 aromatic heterocycles. The standard InChI is InChI=1S/C15H24N2OS.ClH/c1-12-8-17(9-13-2-5-16-6-3-13)10-15(18-12)14-4-7-19-11-14;/h4,7,11-13,15-16H,2-3,5-6,8-10H2,1H3;1H. The number of rotatable bonds is 3. The van der Waals surface area contributed by atoms with Gasteiger partial charge in [0.1, 0.15) is 0 Å². The monoisotopic (exact) mass is 316 g/mol. The summed E-state index contributed by atoms with van der Waals surface area (Å²) in [7, 11) is 0. The van der Waals surface area contributed by atoms with Crippen molar-refractivity contribution in [2.45, 2.75) is 32.0 Å². The maximum Gasteiger partial charge on any atom is 0.0964 e. The Balaban J connectivity index is 0.00000147. The molecule has 2 aliphatic rings. The Morgan fingerprint density at radius 1 is 1.35 bits per heavy atom. The molecule has 2 saturated heterocycles. The van der Waals surface area contributed by atoms with Crippen molar-refractivity contribution in [3.63, 3.8) is 0 Å². The largest absolute Gasteiger partial charge is 0.368 e. The number of hydrogen-bond acceptors (Lipinski definition) is 4. The topological polar surface area (TPSA) is 24.5 Å². The molecule has 0 spiro atoms. The fourth-order valence-electron chi connectivity index (χ4n) is 3.26. The first kappa shape index (κ1) is 16.2. The molecular formula is C15H25ClN2OS. The van der Waals surface area contributed by atoms with E-state index in [4.69, 9.17) is 4.74 Å². The van der Waals surface area contributed by atoms with Crippen LogP contribution in [0.3, 0.4) is 0 Å². The van der Waals surface area contributed by atoms with Gasteiger partial charge in [-0.05, 0) is 61.2 Å². The number of hydrogen-bond donors (Lipinski definition) is 1. The molecule has 3 heterocycles. The Hall–Kier alpha value is -0.130. The van der Waals surface area contributed by atoms with Crippen LogP contribution < -0.4 is 5.32 Å². The summed E-state index contributed by atoms with van der Waals surface area (Å²) < 4.78 is 6.10. The number of morpholine rings is 1. The van der Waals surface area contributed by atoms with Gasteiger partial charge in [0.25, 0.3) is 0 Å². The van der Waals surface area contributed by atoms with Crippen LogP contribution in [0.25, 0.3) is 0 Å². The van der Waals surface area contributed by atoms with Gasteiger partial charge in [-0.15, -0.1) is 12.4 Å². The van der Waals surface area contributed by atoms with Crippen molar-refractivity contribution in [1.82, 2.24) is 10.2 Å². The van der Waals surface area contributed by atoms with Gasteiger partial charge in [-0.25, -0.2) is 0 Å². The van der Waals surface area contributed by atoms with Gasteiger partial charge in [0.2, 0.25) is 0 Å². The van der Waals surface area contributed by atoms with Crippen LogP contribution in [-0.2, 0) is 4.74 Å². The van der Waals surface area contributed by atoms with E-state index in [9.17, 15) is 0 Å². The summed E-state index contributed by atoms with van der Waals surface area (Å²) in [5.41, 5.74) is 1.35. The number of nitrogens with zero attached hydrogens (tertiary/aromatic N) is 1.